The topological polar surface area (TPSA) is 77.8 Å². The SMILES string of the molecule is COc1cc2ccn(Cc3cccc(C(=O)O)c3)c(=O)c2cc1OC. The van der Waals surface area contributed by atoms with Crippen molar-refractivity contribution in [2.45, 2.75) is 6.54 Å². The summed E-state index contributed by atoms with van der Waals surface area (Å²) >= 11 is 0. The Labute approximate surface area is 143 Å². The maximum Gasteiger partial charge on any atom is 0.335 e. The summed E-state index contributed by atoms with van der Waals surface area (Å²) in [7, 11) is 3.06. The molecule has 0 spiro atoms. The van der Waals surface area contributed by atoms with E-state index >= 15 is 0 Å². The van der Waals surface area contributed by atoms with E-state index in [4.69, 9.17) is 14.6 Å². The lowest BCUT2D eigenvalue weighted by molar-refractivity contribution is 0.0696. The van der Waals surface area contributed by atoms with Crippen LogP contribution in [0.25, 0.3) is 10.8 Å². The number of hydrogen-bond acceptors (Lipinski definition) is 4. The van der Waals surface area contributed by atoms with Gasteiger partial charge in [0.05, 0.1) is 31.7 Å². The predicted octanol–water partition coefficient (Wildman–Crippen LogP) is 2.77. The summed E-state index contributed by atoms with van der Waals surface area (Å²) < 4.78 is 12.1. The molecule has 3 rings (SSSR count). The first kappa shape index (κ1) is 16.6. The molecule has 0 fully saturated rings. The fraction of sp³-hybridized carbons (Fsp3) is 0.158. The quantitative estimate of drug-likeness (QED) is 0.773. The summed E-state index contributed by atoms with van der Waals surface area (Å²) in [5.41, 5.74) is 0.749. The van der Waals surface area contributed by atoms with E-state index in [2.05, 4.69) is 0 Å². The minimum atomic E-state index is -0.996. The van der Waals surface area contributed by atoms with Crippen molar-refractivity contribution in [1.82, 2.24) is 4.57 Å². The molecule has 3 aromatic rings. The third-order valence-electron chi connectivity index (χ3n) is 4.01. The average molecular weight is 339 g/mol. The Bertz CT molecular complexity index is 1010. The van der Waals surface area contributed by atoms with E-state index in [1.54, 1.807) is 43.6 Å². The average Bonchev–Trinajstić information content (AvgIpc) is 2.63. The number of ether oxygens (including phenoxy) is 2. The van der Waals surface area contributed by atoms with Crippen molar-refractivity contribution in [3.63, 3.8) is 0 Å². The highest BCUT2D eigenvalue weighted by atomic mass is 16.5. The van der Waals surface area contributed by atoms with Crippen molar-refractivity contribution in [3.05, 3.63) is 70.1 Å². The fourth-order valence-electron chi connectivity index (χ4n) is 2.73. The number of fused-ring (bicyclic) bond motifs is 1. The van der Waals surface area contributed by atoms with E-state index in [-0.39, 0.29) is 17.7 Å². The lowest BCUT2D eigenvalue weighted by Gasteiger charge is -2.11. The summed E-state index contributed by atoms with van der Waals surface area (Å²) in [5.74, 6) is 0.0450. The van der Waals surface area contributed by atoms with Crippen LogP contribution in [0.1, 0.15) is 15.9 Å². The first-order chi connectivity index (χ1) is 12.0. The lowest BCUT2D eigenvalue weighted by Crippen LogP contribution is -2.20. The number of nitrogens with zero attached hydrogens (tertiary/aromatic N) is 1. The highest BCUT2D eigenvalue weighted by molar-refractivity contribution is 5.87. The summed E-state index contributed by atoms with van der Waals surface area (Å²) in [4.78, 5) is 23.9. The maximum absolute atomic E-state index is 12.8. The predicted molar refractivity (Wildman–Crippen MR) is 93.8 cm³/mol. The summed E-state index contributed by atoms with van der Waals surface area (Å²) in [5, 5.41) is 10.3. The Morgan fingerprint density at radius 3 is 2.48 bits per heavy atom. The van der Waals surface area contributed by atoms with Gasteiger partial charge in [-0.25, -0.2) is 4.79 Å². The van der Waals surface area contributed by atoms with Crippen molar-refractivity contribution in [2.75, 3.05) is 14.2 Å². The number of carboxylic acid groups (broad SMARTS) is 1. The fourth-order valence-corrected chi connectivity index (χ4v) is 2.73. The van der Waals surface area contributed by atoms with Crippen LogP contribution in [0, 0.1) is 0 Å². The van der Waals surface area contributed by atoms with Gasteiger partial charge < -0.3 is 19.1 Å². The van der Waals surface area contributed by atoms with Gasteiger partial charge in [-0.15, -0.1) is 0 Å². The molecule has 0 amide bonds. The van der Waals surface area contributed by atoms with Gasteiger partial charge in [0.15, 0.2) is 11.5 Å². The van der Waals surface area contributed by atoms with Crippen LogP contribution in [-0.4, -0.2) is 29.9 Å². The highest BCUT2D eigenvalue weighted by Gasteiger charge is 2.11. The zero-order valence-electron chi connectivity index (χ0n) is 13.9. The van der Waals surface area contributed by atoms with E-state index in [9.17, 15) is 9.59 Å². The number of benzene rings is 2. The van der Waals surface area contributed by atoms with Crippen molar-refractivity contribution in [1.29, 1.82) is 0 Å². The van der Waals surface area contributed by atoms with Gasteiger partial charge in [0.2, 0.25) is 0 Å². The van der Waals surface area contributed by atoms with Crippen LogP contribution in [0.2, 0.25) is 0 Å². The molecule has 25 heavy (non-hydrogen) atoms. The Kier molecular flexibility index (Phi) is 4.43. The van der Waals surface area contributed by atoms with Gasteiger partial charge in [0.25, 0.3) is 5.56 Å². The highest BCUT2D eigenvalue weighted by Crippen LogP contribution is 2.30. The molecule has 0 aliphatic heterocycles. The van der Waals surface area contributed by atoms with E-state index in [0.29, 0.717) is 16.9 Å². The van der Waals surface area contributed by atoms with Gasteiger partial charge >= 0.3 is 5.97 Å². The molecule has 0 aliphatic rings. The standard InChI is InChI=1S/C19H17NO5/c1-24-16-9-13-6-7-20(18(21)15(13)10-17(16)25-2)11-12-4-3-5-14(8-12)19(22)23/h3-10H,11H2,1-2H3,(H,22,23). The smallest absolute Gasteiger partial charge is 0.335 e. The molecule has 0 atom stereocenters. The number of rotatable bonds is 5. The molecule has 0 saturated carbocycles. The van der Waals surface area contributed by atoms with Crippen LogP contribution in [0.4, 0.5) is 0 Å². The first-order valence-corrected chi connectivity index (χ1v) is 7.61. The number of carbonyl (C=O) groups is 1. The van der Waals surface area contributed by atoms with E-state index in [1.807, 2.05) is 6.07 Å². The number of aromatic carboxylic acids is 1. The second kappa shape index (κ2) is 6.68. The van der Waals surface area contributed by atoms with Gasteiger partial charge in [-0.2, -0.15) is 0 Å². The number of methoxy groups -OCH3 is 2. The van der Waals surface area contributed by atoms with Gasteiger partial charge in [-0.05, 0) is 41.3 Å². The van der Waals surface area contributed by atoms with Crippen LogP contribution in [0.3, 0.4) is 0 Å². The van der Waals surface area contributed by atoms with Crippen LogP contribution in [-0.2, 0) is 6.54 Å². The molecule has 0 saturated heterocycles. The van der Waals surface area contributed by atoms with E-state index in [0.717, 1.165) is 10.9 Å². The number of pyridine rings is 1. The molecular weight excluding hydrogens is 322 g/mol. The third-order valence-corrected chi connectivity index (χ3v) is 4.01. The Morgan fingerprint density at radius 2 is 1.80 bits per heavy atom. The van der Waals surface area contributed by atoms with Crippen LogP contribution < -0.4 is 15.0 Å². The van der Waals surface area contributed by atoms with Crippen LogP contribution in [0.5, 0.6) is 11.5 Å². The molecule has 6 heteroatoms. The largest absolute Gasteiger partial charge is 0.493 e. The zero-order valence-corrected chi connectivity index (χ0v) is 13.9. The summed E-state index contributed by atoms with van der Waals surface area (Å²) in [6.45, 7) is 0.282. The van der Waals surface area contributed by atoms with Crippen molar-refractivity contribution in [2.24, 2.45) is 0 Å². The van der Waals surface area contributed by atoms with E-state index in [1.165, 1.54) is 17.7 Å². The van der Waals surface area contributed by atoms with Gasteiger partial charge in [-0.1, -0.05) is 12.1 Å². The van der Waals surface area contributed by atoms with Gasteiger partial charge in [0, 0.05) is 6.20 Å². The van der Waals surface area contributed by atoms with Crippen molar-refractivity contribution >= 4 is 16.7 Å². The lowest BCUT2D eigenvalue weighted by atomic mass is 10.1. The molecule has 6 nitrogen and oxygen atoms in total. The molecule has 1 heterocycles. The number of aromatic nitrogens is 1. The van der Waals surface area contributed by atoms with Crippen molar-refractivity contribution < 1.29 is 19.4 Å². The Morgan fingerprint density at radius 1 is 1.08 bits per heavy atom. The maximum atomic E-state index is 12.8. The summed E-state index contributed by atoms with van der Waals surface area (Å²) in [6.07, 6.45) is 1.68. The van der Waals surface area contributed by atoms with Crippen LogP contribution >= 0.6 is 0 Å². The second-order valence-electron chi connectivity index (χ2n) is 5.55. The molecule has 0 aliphatic carbocycles. The molecular formula is C19H17NO5. The number of hydrogen-bond donors (Lipinski definition) is 1. The molecule has 0 radical (unpaired) electrons. The van der Waals surface area contributed by atoms with Gasteiger partial charge in [0.1, 0.15) is 0 Å². The Balaban J connectivity index is 2.06. The van der Waals surface area contributed by atoms with Gasteiger partial charge in [-0.3, -0.25) is 4.79 Å². The molecule has 2 aromatic carbocycles. The molecule has 1 aromatic heterocycles. The minimum Gasteiger partial charge on any atom is -0.493 e. The monoisotopic (exact) mass is 339 g/mol. The minimum absolute atomic E-state index is 0.181. The van der Waals surface area contributed by atoms with E-state index < -0.39 is 5.97 Å². The molecule has 0 bridgehead atoms. The van der Waals surface area contributed by atoms with Crippen molar-refractivity contribution in [3.8, 4) is 11.5 Å². The zero-order chi connectivity index (χ0) is 18.0. The first-order valence-electron chi connectivity index (χ1n) is 7.61. The number of carboxylic acids is 1. The molecule has 0 unspecified atom stereocenters. The molecule has 128 valence electrons. The summed E-state index contributed by atoms with van der Waals surface area (Å²) in [6, 6.07) is 11.8. The molecule has 1 N–H and O–H groups in total. The second-order valence-corrected chi connectivity index (χ2v) is 5.55. The normalized spacial score (nSPS) is 10.6. The van der Waals surface area contributed by atoms with Crippen LogP contribution in [0.15, 0.2) is 53.5 Å². The Hall–Kier alpha value is -3.28. The third kappa shape index (κ3) is 3.19.